The van der Waals surface area contributed by atoms with Crippen LogP contribution in [0.4, 0.5) is 0 Å². The molecule has 0 radical (unpaired) electrons. The highest BCUT2D eigenvalue weighted by Gasteiger charge is 2.38. The van der Waals surface area contributed by atoms with Crippen molar-refractivity contribution in [3.63, 3.8) is 0 Å². The maximum Gasteiger partial charge on any atom is 0.0192 e. The molecule has 1 atom stereocenters. The van der Waals surface area contributed by atoms with Gasteiger partial charge in [-0.1, -0.05) is 33.1 Å². The second kappa shape index (κ2) is 6.91. The molecule has 2 aliphatic rings. The maximum absolute atomic E-state index is 3.70. The predicted molar refractivity (Wildman–Crippen MR) is 78.9 cm³/mol. The minimum Gasteiger partial charge on any atom is -0.313 e. The van der Waals surface area contributed by atoms with E-state index in [1.165, 1.54) is 77.5 Å². The van der Waals surface area contributed by atoms with Crippen molar-refractivity contribution >= 4 is 0 Å². The summed E-state index contributed by atoms with van der Waals surface area (Å²) in [5, 5.41) is 3.70. The third kappa shape index (κ3) is 3.71. The van der Waals surface area contributed by atoms with Crippen molar-refractivity contribution in [2.45, 2.75) is 71.3 Å². The Labute approximate surface area is 114 Å². The van der Waals surface area contributed by atoms with E-state index >= 15 is 0 Å². The number of hydrogen-bond donors (Lipinski definition) is 1. The first-order chi connectivity index (χ1) is 8.78. The quantitative estimate of drug-likeness (QED) is 0.779. The van der Waals surface area contributed by atoms with Gasteiger partial charge in [0.2, 0.25) is 0 Å². The normalized spacial score (nSPS) is 25.7. The van der Waals surface area contributed by atoms with Crippen LogP contribution >= 0.6 is 0 Å². The molecule has 2 heteroatoms. The molecule has 1 N–H and O–H groups in total. The standard InChI is InChI=1S/C16H32N2/c1-3-11-17-15(4-2)13-18-12-10-16(14-18)8-6-5-7-9-16/h15,17H,3-14H2,1-2H3. The highest BCUT2D eigenvalue weighted by Crippen LogP contribution is 2.43. The molecule has 18 heavy (non-hydrogen) atoms. The molecule has 1 spiro atoms. The average Bonchev–Trinajstić information content (AvgIpc) is 2.78. The molecule has 1 saturated heterocycles. The first-order valence-electron chi connectivity index (χ1n) is 8.24. The number of hydrogen-bond acceptors (Lipinski definition) is 2. The van der Waals surface area contributed by atoms with Crippen LogP contribution in [0.2, 0.25) is 0 Å². The van der Waals surface area contributed by atoms with Crippen molar-refractivity contribution < 1.29 is 0 Å². The molecule has 0 aromatic rings. The van der Waals surface area contributed by atoms with E-state index in [-0.39, 0.29) is 0 Å². The van der Waals surface area contributed by atoms with Crippen molar-refractivity contribution in [3.05, 3.63) is 0 Å². The zero-order chi connectivity index (χ0) is 12.8. The highest BCUT2D eigenvalue weighted by atomic mass is 15.2. The maximum atomic E-state index is 3.70. The van der Waals surface area contributed by atoms with Crippen LogP contribution in [0.3, 0.4) is 0 Å². The molecule has 1 aliphatic carbocycles. The molecule has 1 aliphatic heterocycles. The van der Waals surface area contributed by atoms with E-state index < -0.39 is 0 Å². The molecule has 1 unspecified atom stereocenters. The van der Waals surface area contributed by atoms with Crippen molar-refractivity contribution in [2.24, 2.45) is 5.41 Å². The molecular formula is C16H32N2. The summed E-state index contributed by atoms with van der Waals surface area (Å²) < 4.78 is 0. The average molecular weight is 252 g/mol. The predicted octanol–water partition coefficient (Wildman–Crippen LogP) is 3.42. The summed E-state index contributed by atoms with van der Waals surface area (Å²) in [5.41, 5.74) is 0.724. The van der Waals surface area contributed by atoms with E-state index in [0.29, 0.717) is 6.04 Å². The van der Waals surface area contributed by atoms with E-state index in [0.717, 1.165) is 5.41 Å². The van der Waals surface area contributed by atoms with E-state index in [2.05, 4.69) is 24.1 Å². The van der Waals surface area contributed by atoms with Crippen LogP contribution in [0.5, 0.6) is 0 Å². The van der Waals surface area contributed by atoms with Gasteiger partial charge in [-0.25, -0.2) is 0 Å². The fourth-order valence-electron chi connectivity index (χ4n) is 3.89. The minimum absolute atomic E-state index is 0.712. The van der Waals surface area contributed by atoms with Gasteiger partial charge in [-0.2, -0.15) is 0 Å². The third-order valence-corrected chi connectivity index (χ3v) is 5.09. The number of nitrogens with zero attached hydrogens (tertiary/aromatic N) is 1. The molecule has 0 aromatic carbocycles. The van der Waals surface area contributed by atoms with Gasteiger partial charge in [0.15, 0.2) is 0 Å². The largest absolute Gasteiger partial charge is 0.313 e. The van der Waals surface area contributed by atoms with Gasteiger partial charge in [-0.05, 0) is 50.6 Å². The summed E-state index contributed by atoms with van der Waals surface area (Å²) in [6.07, 6.45) is 11.4. The van der Waals surface area contributed by atoms with Crippen LogP contribution in [0.15, 0.2) is 0 Å². The Balaban J connectivity index is 1.77. The first-order valence-corrected chi connectivity index (χ1v) is 8.24. The lowest BCUT2D eigenvalue weighted by molar-refractivity contribution is 0.179. The van der Waals surface area contributed by atoms with E-state index in [1.54, 1.807) is 0 Å². The summed E-state index contributed by atoms with van der Waals surface area (Å²) >= 11 is 0. The van der Waals surface area contributed by atoms with E-state index in [9.17, 15) is 0 Å². The molecule has 0 aromatic heterocycles. The van der Waals surface area contributed by atoms with Crippen LogP contribution < -0.4 is 5.32 Å². The smallest absolute Gasteiger partial charge is 0.0192 e. The second-order valence-electron chi connectivity index (χ2n) is 6.61. The van der Waals surface area contributed by atoms with Crippen LogP contribution in [0, 0.1) is 5.41 Å². The van der Waals surface area contributed by atoms with Gasteiger partial charge in [-0.3, -0.25) is 0 Å². The molecule has 0 bridgehead atoms. The van der Waals surface area contributed by atoms with Crippen LogP contribution in [0.1, 0.15) is 65.2 Å². The Bertz CT molecular complexity index is 233. The molecule has 0 amide bonds. The monoisotopic (exact) mass is 252 g/mol. The Morgan fingerprint density at radius 3 is 2.56 bits per heavy atom. The van der Waals surface area contributed by atoms with Crippen LogP contribution in [-0.4, -0.2) is 37.1 Å². The Morgan fingerprint density at radius 1 is 1.11 bits per heavy atom. The third-order valence-electron chi connectivity index (χ3n) is 5.09. The minimum atomic E-state index is 0.712. The summed E-state index contributed by atoms with van der Waals surface area (Å²) in [6, 6.07) is 0.712. The van der Waals surface area contributed by atoms with Gasteiger partial charge in [0.05, 0.1) is 0 Å². The SMILES string of the molecule is CCCNC(CC)CN1CCC2(CCCCC2)C1. The summed E-state index contributed by atoms with van der Waals surface area (Å²) in [4.78, 5) is 2.74. The lowest BCUT2D eigenvalue weighted by Crippen LogP contribution is -2.41. The number of rotatable bonds is 6. The topological polar surface area (TPSA) is 15.3 Å². The van der Waals surface area contributed by atoms with Gasteiger partial charge in [0.25, 0.3) is 0 Å². The number of likely N-dealkylation sites (tertiary alicyclic amines) is 1. The fourth-order valence-corrected chi connectivity index (χ4v) is 3.89. The van der Waals surface area contributed by atoms with Gasteiger partial charge >= 0.3 is 0 Å². The van der Waals surface area contributed by atoms with Gasteiger partial charge in [-0.15, -0.1) is 0 Å². The van der Waals surface area contributed by atoms with Gasteiger partial charge < -0.3 is 10.2 Å². The van der Waals surface area contributed by atoms with Gasteiger partial charge in [0.1, 0.15) is 0 Å². The van der Waals surface area contributed by atoms with Gasteiger partial charge in [0, 0.05) is 19.1 Å². The zero-order valence-electron chi connectivity index (χ0n) is 12.5. The summed E-state index contributed by atoms with van der Waals surface area (Å²) in [5.74, 6) is 0. The van der Waals surface area contributed by atoms with Crippen molar-refractivity contribution in [1.29, 1.82) is 0 Å². The molecular weight excluding hydrogens is 220 g/mol. The van der Waals surface area contributed by atoms with Crippen LogP contribution in [-0.2, 0) is 0 Å². The Morgan fingerprint density at radius 2 is 1.89 bits per heavy atom. The molecule has 1 saturated carbocycles. The molecule has 2 fully saturated rings. The summed E-state index contributed by atoms with van der Waals surface area (Å²) in [7, 11) is 0. The first kappa shape index (κ1) is 14.3. The van der Waals surface area contributed by atoms with Crippen molar-refractivity contribution in [1.82, 2.24) is 10.2 Å². The number of nitrogens with one attached hydrogen (secondary N) is 1. The molecule has 2 nitrogen and oxygen atoms in total. The fraction of sp³-hybridized carbons (Fsp3) is 1.00. The Hall–Kier alpha value is -0.0800. The van der Waals surface area contributed by atoms with E-state index in [4.69, 9.17) is 0 Å². The molecule has 2 rings (SSSR count). The van der Waals surface area contributed by atoms with Crippen molar-refractivity contribution in [2.75, 3.05) is 26.2 Å². The summed E-state index contributed by atoms with van der Waals surface area (Å²) in [6.45, 7) is 9.77. The van der Waals surface area contributed by atoms with Crippen molar-refractivity contribution in [3.8, 4) is 0 Å². The highest BCUT2D eigenvalue weighted by molar-refractivity contribution is 4.92. The Kier molecular flexibility index (Phi) is 5.50. The second-order valence-corrected chi connectivity index (χ2v) is 6.61. The molecule has 106 valence electrons. The lowest BCUT2D eigenvalue weighted by Gasteiger charge is -2.34. The van der Waals surface area contributed by atoms with Crippen LogP contribution in [0.25, 0.3) is 0 Å². The zero-order valence-corrected chi connectivity index (χ0v) is 12.5. The lowest BCUT2D eigenvalue weighted by atomic mass is 9.73. The van der Waals surface area contributed by atoms with E-state index in [1.807, 2.05) is 0 Å². The molecule has 1 heterocycles.